The van der Waals surface area contributed by atoms with E-state index in [2.05, 4.69) is 200 Å². The summed E-state index contributed by atoms with van der Waals surface area (Å²) in [5.74, 6) is 0.619. The summed E-state index contributed by atoms with van der Waals surface area (Å²) < 4.78 is 9.15. The molecule has 4 heterocycles. The van der Waals surface area contributed by atoms with Crippen LogP contribution in [-0.2, 0) is 26.5 Å². The van der Waals surface area contributed by atoms with Crippen molar-refractivity contribution in [3.63, 3.8) is 0 Å². The molecule has 0 saturated heterocycles. The van der Waals surface area contributed by atoms with Crippen molar-refractivity contribution >= 4 is 76.4 Å². The molecule has 0 amide bonds. The van der Waals surface area contributed by atoms with Gasteiger partial charge in [0, 0.05) is 71.6 Å². The molecule has 4 nitrogen and oxygen atoms in total. The van der Waals surface area contributed by atoms with Gasteiger partial charge in [-0.25, -0.2) is 0 Å². The minimum Gasteiger partial charge on any atom is -0.493 e. The molecule has 0 spiro atoms. The maximum atomic E-state index is 6.74. The quantitative estimate of drug-likeness (QED) is 0.149. The Hall–Kier alpha value is -6.04. The molecular formula is C54H38N3OPtS2-3. The molecule has 11 rings (SSSR count). The van der Waals surface area contributed by atoms with E-state index in [1.165, 1.54) is 26.4 Å². The van der Waals surface area contributed by atoms with E-state index in [1.807, 2.05) is 18.3 Å². The van der Waals surface area contributed by atoms with E-state index in [0.717, 1.165) is 66.3 Å². The predicted octanol–water partition coefficient (Wildman–Crippen LogP) is 15.8. The molecule has 0 aliphatic carbocycles. The largest absolute Gasteiger partial charge is 0.493 e. The second kappa shape index (κ2) is 15.8. The van der Waals surface area contributed by atoms with E-state index < -0.39 is 0 Å². The number of nitrogens with zero attached hydrogens (tertiary/aromatic N) is 3. The fourth-order valence-corrected chi connectivity index (χ4v) is 10.3. The predicted molar refractivity (Wildman–Crippen MR) is 253 cm³/mol. The van der Waals surface area contributed by atoms with E-state index in [4.69, 9.17) is 9.72 Å². The molecule has 0 atom stereocenters. The summed E-state index contributed by atoms with van der Waals surface area (Å²) in [4.78, 5) is 9.44. The molecule has 7 aromatic carbocycles. The zero-order valence-electron chi connectivity index (χ0n) is 33.6. The van der Waals surface area contributed by atoms with Crippen LogP contribution in [0.2, 0.25) is 0 Å². The van der Waals surface area contributed by atoms with Crippen LogP contribution in [0.3, 0.4) is 0 Å². The van der Waals surface area contributed by atoms with Crippen molar-refractivity contribution in [2.75, 3.05) is 9.80 Å². The van der Waals surface area contributed by atoms with E-state index in [9.17, 15) is 0 Å². The van der Waals surface area contributed by atoms with Crippen LogP contribution >= 0.6 is 22.7 Å². The first kappa shape index (κ1) is 39.1. The zero-order chi connectivity index (χ0) is 40.4. The van der Waals surface area contributed by atoms with Crippen molar-refractivity contribution in [3.8, 4) is 44.3 Å². The Balaban J connectivity index is 0.00000445. The Morgan fingerprint density at radius 3 is 2.03 bits per heavy atom. The second-order valence-corrected chi connectivity index (χ2v) is 18.0. The second-order valence-electron chi connectivity index (χ2n) is 16.1. The Kier molecular flexibility index (Phi) is 10.1. The average Bonchev–Trinajstić information content (AvgIpc) is 4.04. The topological polar surface area (TPSA) is 28.6 Å². The number of thiophene rings is 2. The van der Waals surface area contributed by atoms with Crippen molar-refractivity contribution in [2.45, 2.75) is 26.2 Å². The van der Waals surface area contributed by atoms with Crippen LogP contribution in [0.1, 0.15) is 26.3 Å². The Labute approximate surface area is 378 Å². The third kappa shape index (κ3) is 7.03. The normalized spacial score (nSPS) is 12.6. The molecular weight excluding hydrogens is 966 g/mol. The molecule has 0 N–H and O–H groups in total. The minimum atomic E-state index is -0.0120. The van der Waals surface area contributed by atoms with Crippen LogP contribution in [0, 0.1) is 18.8 Å². The number of hydrogen-bond donors (Lipinski definition) is 0. The van der Waals surface area contributed by atoms with Crippen molar-refractivity contribution in [2.24, 2.45) is 0 Å². The number of aromatic nitrogens is 1. The Bertz CT molecular complexity index is 3170. The first-order valence-electron chi connectivity index (χ1n) is 20.1. The van der Waals surface area contributed by atoms with Gasteiger partial charge < -0.3 is 14.5 Å². The molecule has 0 unspecified atom stereocenters. The van der Waals surface area contributed by atoms with Gasteiger partial charge in [-0.2, -0.15) is 22.8 Å². The molecule has 1 aliphatic heterocycles. The molecule has 10 aromatic rings. The first-order chi connectivity index (χ1) is 29.4. The number of hydrogen-bond acceptors (Lipinski definition) is 6. The van der Waals surface area contributed by atoms with Crippen molar-refractivity contribution < 1.29 is 25.8 Å². The van der Waals surface area contributed by atoms with Crippen molar-refractivity contribution in [1.29, 1.82) is 0 Å². The van der Waals surface area contributed by atoms with Crippen LogP contribution in [0.5, 0.6) is 10.8 Å². The Morgan fingerprint density at radius 1 is 0.623 bits per heavy atom. The first-order valence-corrected chi connectivity index (χ1v) is 21.8. The fraction of sp³-hybridized carbons (Fsp3) is 0.0741. The summed E-state index contributed by atoms with van der Waals surface area (Å²) >= 11 is 3.40. The standard InChI is InChI=1S/C54H38N3OS2.Pt/c1-54(2,3)38-26-28-55-47(30-38)44-32-45-43(25-24-37-27-29-59-52(37)45)53-46(44)33-50(60-53)58-40-19-12-18-39(31-40)56-34-57(49-23-11-10-22-48(49)56)51-41(35-14-6-4-7-15-35)20-13-21-42(51)36-16-8-5-9-17-36;/h4-30,32,34H,1-3H3;/q-3;. The SMILES string of the molecule is CC(C)(C)c1ccnc(-c2cc3c(ccc4ccsc43)c3sc(Oc4[c-]c(N5[CH-]N(c6c(-c7ccccc7)cccc6-c6ccccc6)c6ccccc65)ccc4)[c-]c23)c1.[Pt]. The number of fused-ring (bicyclic) bond motifs is 6. The number of anilines is 4. The fourth-order valence-electron chi connectivity index (χ4n) is 8.33. The molecule has 3 aromatic heterocycles. The maximum absolute atomic E-state index is 6.74. The number of rotatable bonds is 7. The summed E-state index contributed by atoms with van der Waals surface area (Å²) in [5, 5.41) is 7.53. The van der Waals surface area contributed by atoms with Gasteiger partial charge in [0.2, 0.25) is 0 Å². The van der Waals surface area contributed by atoms with Gasteiger partial charge in [0.1, 0.15) is 5.06 Å². The smallest absolute Gasteiger partial charge is 0.107 e. The summed E-state index contributed by atoms with van der Waals surface area (Å²) in [6, 6.07) is 63.1. The number of para-hydroxylation sites is 3. The van der Waals surface area contributed by atoms with Gasteiger partial charge in [0.15, 0.2) is 0 Å². The molecule has 7 heteroatoms. The third-order valence-electron chi connectivity index (χ3n) is 11.3. The summed E-state index contributed by atoms with van der Waals surface area (Å²) in [5.41, 5.74) is 12.0. The summed E-state index contributed by atoms with van der Waals surface area (Å²) in [6.45, 7) is 8.91. The molecule has 0 saturated carbocycles. The monoisotopic (exact) mass is 1000 g/mol. The van der Waals surface area contributed by atoms with Gasteiger partial charge in [0.05, 0.1) is 0 Å². The van der Waals surface area contributed by atoms with Crippen LogP contribution in [0.25, 0.3) is 64.5 Å². The van der Waals surface area contributed by atoms with Crippen LogP contribution in [0.15, 0.2) is 169 Å². The average molecular weight is 1000 g/mol. The molecule has 61 heavy (non-hydrogen) atoms. The molecule has 0 bridgehead atoms. The number of benzene rings is 7. The third-order valence-corrected chi connectivity index (χ3v) is 13.3. The molecule has 0 radical (unpaired) electrons. The van der Waals surface area contributed by atoms with Gasteiger partial charge >= 0.3 is 0 Å². The maximum Gasteiger partial charge on any atom is 0.107 e. The zero-order valence-corrected chi connectivity index (χ0v) is 37.5. The summed E-state index contributed by atoms with van der Waals surface area (Å²) in [7, 11) is 0. The van der Waals surface area contributed by atoms with Gasteiger partial charge in [0.25, 0.3) is 0 Å². The van der Waals surface area contributed by atoms with Gasteiger partial charge in [-0.15, -0.1) is 54.0 Å². The van der Waals surface area contributed by atoms with Crippen molar-refractivity contribution in [3.05, 3.63) is 194 Å². The van der Waals surface area contributed by atoms with E-state index in [1.54, 1.807) is 22.7 Å². The van der Waals surface area contributed by atoms with E-state index in [0.29, 0.717) is 10.8 Å². The van der Waals surface area contributed by atoms with Crippen LogP contribution in [-0.4, -0.2) is 4.98 Å². The van der Waals surface area contributed by atoms with E-state index in [-0.39, 0.29) is 26.5 Å². The van der Waals surface area contributed by atoms with E-state index >= 15 is 0 Å². The van der Waals surface area contributed by atoms with Crippen molar-refractivity contribution in [1.82, 2.24) is 4.98 Å². The molecule has 0 fully saturated rings. The van der Waals surface area contributed by atoms with Crippen LogP contribution < -0.4 is 14.5 Å². The van der Waals surface area contributed by atoms with Gasteiger partial charge in [-0.05, 0) is 68.6 Å². The van der Waals surface area contributed by atoms with Gasteiger partial charge in [-0.3, -0.25) is 4.98 Å². The molecule has 300 valence electrons. The van der Waals surface area contributed by atoms with Crippen LogP contribution in [0.4, 0.5) is 22.7 Å². The number of ether oxygens (including phenoxy) is 1. The van der Waals surface area contributed by atoms with Gasteiger partial charge in [-0.1, -0.05) is 140 Å². The molecule has 1 aliphatic rings. The Morgan fingerprint density at radius 2 is 1.31 bits per heavy atom. The minimum absolute atomic E-state index is 0. The number of pyridine rings is 1. The summed E-state index contributed by atoms with van der Waals surface area (Å²) in [6.07, 6.45) is 1.93.